The van der Waals surface area contributed by atoms with E-state index in [0.29, 0.717) is 6.04 Å². The molecule has 0 radical (unpaired) electrons. The van der Waals surface area contributed by atoms with Crippen LogP contribution in [0.25, 0.3) is 0 Å². The van der Waals surface area contributed by atoms with Crippen LogP contribution >= 0.6 is 0 Å². The van der Waals surface area contributed by atoms with Gasteiger partial charge in [0.15, 0.2) is 0 Å². The molecular weight excluding hydrogens is 252 g/mol. The smallest absolute Gasteiger partial charge is 0.410 e. The molecule has 0 aromatic heterocycles. The van der Waals surface area contributed by atoms with Gasteiger partial charge in [-0.05, 0) is 52.5 Å². The molecule has 0 aliphatic carbocycles. The predicted molar refractivity (Wildman–Crippen MR) is 82.9 cm³/mol. The molecule has 1 aliphatic heterocycles. The summed E-state index contributed by atoms with van der Waals surface area (Å²) >= 11 is 0. The fourth-order valence-electron chi connectivity index (χ4n) is 2.56. The number of likely N-dealkylation sites (tertiary alicyclic amines) is 1. The van der Waals surface area contributed by atoms with Gasteiger partial charge in [-0.3, -0.25) is 0 Å². The molecule has 20 heavy (non-hydrogen) atoms. The lowest BCUT2D eigenvalue weighted by atomic mass is 10.0. The second kappa shape index (κ2) is 7.87. The van der Waals surface area contributed by atoms with Crippen molar-refractivity contribution < 1.29 is 9.53 Å². The highest BCUT2D eigenvalue weighted by molar-refractivity contribution is 5.68. The molecule has 1 saturated heterocycles. The molecule has 0 spiro atoms. The fourth-order valence-corrected chi connectivity index (χ4v) is 2.56. The Hall–Kier alpha value is -0.770. The zero-order chi connectivity index (χ0) is 15.2. The van der Waals surface area contributed by atoms with E-state index in [9.17, 15) is 4.79 Å². The van der Waals surface area contributed by atoms with Gasteiger partial charge in [-0.15, -0.1) is 0 Å². The fraction of sp³-hybridized carbons (Fsp3) is 0.938. The lowest BCUT2D eigenvalue weighted by Gasteiger charge is -2.34. The summed E-state index contributed by atoms with van der Waals surface area (Å²) in [5.41, 5.74) is -0.401. The molecule has 0 bridgehead atoms. The largest absolute Gasteiger partial charge is 0.444 e. The number of carbonyl (C=O) groups is 1. The van der Waals surface area contributed by atoms with Crippen molar-refractivity contribution in [1.29, 1.82) is 0 Å². The third-order valence-corrected chi connectivity index (χ3v) is 3.68. The number of nitrogens with one attached hydrogen (secondary N) is 1. The van der Waals surface area contributed by atoms with Crippen LogP contribution < -0.4 is 5.32 Å². The average molecular weight is 284 g/mol. The number of hydrogen-bond donors (Lipinski definition) is 1. The first-order valence-electron chi connectivity index (χ1n) is 8.03. The van der Waals surface area contributed by atoms with Crippen LogP contribution in [0.1, 0.15) is 60.3 Å². The molecule has 1 amide bonds. The van der Waals surface area contributed by atoms with E-state index in [0.717, 1.165) is 38.4 Å². The standard InChI is InChI=1S/C16H32N2O2/c1-6-7-13(2)12-17-14-8-10-18(11-9-14)15(19)20-16(3,4)5/h13-14,17H,6-12H2,1-5H3. The topological polar surface area (TPSA) is 41.6 Å². The van der Waals surface area contributed by atoms with E-state index in [4.69, 9.17) is 4.74 Å². The van der Waals surface area contributed by atoms with E-state index < -0.39 is 5.60 Å². The molecule has 1 aliphatic rings. The van der Waals surface area contributed by atoms with Gasteiger partial charge < -0.3 is 15.0 Å². The number of hydrogen-bond acceptors (Lipinski definition) is 3. The second-order valence-corrected chi connectivity index (χ2v) is 7.04. The predicted octanol–water partition coefficient (Wildman–Crippen LogP) is 3.41. The summed E-state index contributed by atoms with van der Waals surface area (Å²) in [6.07, 6.45) is 4.41. The molecule has 1 rings (SSSR count). The number of nitrogens with zero attached hydrogens (tertiary/aromatic N) is 1. The maximum absolute atomic E-state index is 12.0. The highest BCUT2D eigenvalue weighted by Gasteiger charge is 2.26. The summed E-state index contributed by atoms with van der Waals surface area (Å²) in [6.45, 7) is 13.0. The first-order chi connectivity index (χ1) is 9.31. The van der Waals surface area contributed by atoms with E-state index in [1.165, 1.54) is 12.8 Å². The molecule has 118 valence electrons. The average Bonchev–Trinajstić information content (AvgIpc) is 2.35. The molecular formula is C16H32N2O2. The Labute approximate surface area is 124 Å². The van der Waals surface area contributed by atoms with Gasteiger partial charge in [-0.2, -0.15) is 0 Å². The van der Waals surface area contributed by atoms with Crippen molar-refractivity contribution in [1.82, 2.24) is 10.2 Å². The Morgan fingerprint density at radius 3 is 2.45 bits per heavy atom. The van der Waals surface area contributed by atoms with Crippen LogP contribution in [-0.4, -0.2) is 42.3 Å². The minimum Gasteiger partial charge on any atom is -0.444 e. The molecule has 4 nitrogen and oxygen atoms in total. The Kier molecular flexibility index (Phi) is 6.80. The summed E-state index contributed by atoms with van der Waals surface area (Å²) in [7, 11) is 0. The van der Waals surface area contributed by atoms with E-state index >= 15 is 0 Å². The summed E-state index contributed by atoms with van der Waals surface area (Å²) in [5, 5.41) is 3.64. The second-order valence-electron chi connectivity index (χ2n) is 7.04. The minimum absolute atomic E-state index is 0.171. The van der Waals surface area contributed by atoms with Gasteiger partial charge in [0, 0.05) is 19.1 Å². The number of carbonyl (C=O) groups excluding carboxylic acids is 1. The summed E-state index contributed by atoms with van der Waals surface area (Å²) < 4.78 is 5.41. The van der Waals surface area contributed by atoms with Crippen molar-refractivity contribution in [3.05, 3.63) is 0 Å². The number of amides is 1. The van der Waals surface area contributed by atoms with Gasteiger partial charge in [0.2, 0.25) is 0 Å². The molecule has 1 unspecified atom stereocenters. The van der Waals surface area contributed by atoms with Crippen LogP contribution in [0.4, 0.5) is 4.79 Å². The molecule has 1 N–H and O–H groups in total. The first kappa shape index (κ1) is 17.3. The van der Waals surface area contributed by atoms with Gasteiger partial charge in [0.1, 0.15) is 5.60 Å². The number of rotatable bonds is 5. The highest BCUT2D eigenvalue weighted by Crippen LogP contribution is 2.16. The monoisotopic (exact) mass is 284 g/mol. The van der Waals surface area contributed by atoms with Crippen LogP contribution in [0.5, 0.6) is 0 Å². The molecule has 0 saturated carbocycles. The van der Waals surface area contributed by atoms with Crippen LogP contribution in [0.3, 0.4) is 0 Å². The van der Waals surface area contributed by atoms with Gasteiger partial charge in [-0.25, -0.2) is 4.79 Å². The Balaban J connectivity index is 2.24. The normalized spacial score (nSPS) is 18.9. The SMILES string of the molecule is CCCC(C)CNC1CCN(C(=O)OC(C)(C)C)CC1. The quantitative estimate of drug-likeness (QED) is 0.841. The first-order valence-corrected chi connectivity index (χ1v) is 8.03. The van der Waals surface area contributed by atoms with Crippen molar-refractivity contribution in [3.63, 3.8) is 0 Å². The van der Waals surface area contributed by atoms with Crippen LogP contribution in [0.2, 0.25) is 0 Å². The van der Waals surface area contributed by atoms with Crippen molar-refractivity contribution in [2.75, 3.05) is 19.6 Å². The third-order valence-electron chi connectivity index (χ3n) is 3.68. The van der Waals surface area contributed by atoms with Crippen molar-refractivity contribution in [2.24, 2.45) is 5.92 Å². The zero-order valence-corrected chi connectivity index (χ0v) is 13.9. The third kappa shape index (κ3) is 6.60. The van der Waals surface area contributed by atoms with Gasteiger partial charge >= 0.3 is 6.09 Å². The van der Waals surface area contributed by atoms with Crippen LogP contribution in [0.15, 0.2) is 0 Å². The van der Waals surface area contributed by atoms with E-state index in [1.54, 1.807) is 0 Å². The maximum Gasteiger partial charge on any atom is 0.410 e. The number of ether oxygens (including phenoxy) is 1. The van der Waals surface area contributed by atoms with E-state index in [1.807, 2.05) is 25.7 Å². The number of piperidine rings is 1. The van der Waals surface area contributed by atoms with Crippen molar-refractivity contribution >= 4 is 6.09 Å². The lowest BCUT2D eigenvalue weighted by Crippen LogP contribution is -2.47. The van der Waals surface area contributed by atoms with E-state index in [2.05, 4.69) is 19.2 Å². The lowest BCUT2D eigenvalue weighted by molar-refractivity contribution is 0.0197. The van der Waals surface area contributed by atoms with Gasteiger partial charge in [-0.1, -0.05) is 20.3 Å². The molecule has 0 aromatic carbocycles. The van der Waals surface area contributed by atoms with Gasteiger partial charge in [0.05, 0.1) is 0 Å². The minimum atomic E-state index is -0.401. The molecule has 1 fully saturated rings. The molecule has 1 atom stereocenters. The highest BCUT2D eigenvalue weighted by atomic mass is 16.6. The van der Waals surface area contributed by atoms with Crippen molar-refractivity contribution in [3.8, 4) is 0 Å². The molecule has 0 aromatic rings. The van der Waals surface area contributed by atoms with Crippen LogP contribution in [-0.2, 0) is 4.74 Å². The Bertz CT molecular complexity index is 291. The molecule has 1 heterocycles. The summed E-state index contributed by atoms with van der Waals surface area (Å²) in [5.74, 6) is 0.740. The molecule has 4 heteroatoms. The summed E-state index contributed by atoms with van der Waals surface area (Å²) in [4.78, 5) is 13.8. The Morgan fingerprint density at radius 2 is 1.95 bits per heavy atom. The maximum atomic E-state index is 12.0. The zero-order valence-electron chi connectivity index (χ0n) is 13.9. The summed E-state index contributed by atoms with van der Waals surface area (Å²) in [6, 6.07) is 0.549. The van der Waals surface area contributed by atoms with Crippen molar-refractivity contribution in [2.45, 2.75) is 71.9 Å². The van der Waals surface area contributed by atoms with Crippen LogP contribution in [0, 0.1) is 5.92 Å². The Morgan fingerprint density at radius 1 is 1.35 bits per heavy atom. The van der Waals surface area contributed by atoms with Gasteiger partial charge in [0.25, 0.3) is 0 Å². The van der Waals surface area contributed by atoms with E-state index in [-0.39, 0.29) is 6.09 Å².